The molecule has 218 valence electrons. The number of nitrogens with zero attached hydrogens (tertiary/aromatic N) is 4. The number of aromatic nitrogens is 2. The van der Waals surface area contributed by atoms with E-state index in [0.717, 1.165) is 11.3 Å². The van der Waals surface area contributed by atoms with Gasteiger partial charge in [0.05, 0.1) is 62.2 Å². The first-order valence-electron chi connectivity index (χ1n) is 14.5. The standard InChI is InChI=1S/C33H36N4O5/c1-23-7-3-6-10-28(23)37-32(34-27-9-5-4-8-26(27)33(37)39)30(36-17-21-42-22-18-36)29(35-15-19-41-20-16-35)31(38)24-11-13-25(40-2)14-12-24/h3-14,29-30H,15-22H2,1-2H3. The SMILES string of the molecule is COc1ccc(C(=O)C(C(c2nc3ccccc3c(=O)n2-c2ccccc2C)N2CCOCC2)N2CCOCC2)cc1. The lowest BCUT2D eigenvalue weighted by atomic mass is 9.93. The van der Waals surface area contributed by atoms with Crippen LogP contribution >= 0.6 is 0 Å². The molecule has 2 unspecified atom stereocenters. The summed E-state index contributed by atoms with van der Waals surface area (Å²) in [6.45, 7) is 6.51. The Balaban J connectivity index is 1.61. The fourth-order valence-electron chi connectivity index (χ4n) is 6.05. The average molecular weight is 569 g/mol. The van der Waals surface area contributed by atoms with Crippen LogP contribution in [0.25, 0.3) is 16.6 Å². The third-order valence-corrected chi connectivity index (χ3v) is 8.24. The summed E-state index contributed by atoms with van der Waals surface area (Å²) in [5.74, 6) is 1.20. The number of hydrogen-bond acceptors (Lipinski definition) is 8. The zero-order chi connectivity index (χ0) is 29.1. The zero-order valence-corrected chi connectivity index (χ0v) is 24.1. The van der Waals surface area contributed by atoms with Crippen molar-refractivity contribution in [2.24, 2.45) is 0 Å². The number of benzene rings is 3. The molecule has 0 N–H and O–H groups in total. The summed E-state index contributed by atoms with van der Waals surface area (Å²) >= 11 is 0. The van der Waals surface area contributed by atoms with Gasteiger partial charge in [-0.2, -0.15) is 0 Å². The van der Waals surface area contributed by atoms with E-state index in [1.165, 1.54) is 0 Å². The van der Waals surface area contributed by atoms with Gasteiger partial charge in [-0.15, -0.1) is 0 Å². The van der Waals surface area contributed by atoms with Crippen LogP contribution in [-0.4, -0.2) is 90.9 Å². The largest absolute Gasteiger partial charge is 0.497 e. The van der Waals surface area contributed by atoms with E-state index in [2.05, 4.69) is 9.80 Å². The second-order valence-electron chi connectivity index (χ2n) is 10.7. The summed E-state index contributed by atoms with van der Waals surface area (Å²) in [7, 11) is 1.61. The lowest BCUT2D eigenvalue weighted by Crippen LogP contribution is -2.56. The van der Waals surface area contributed by atoms with Gasteiger partial charge in [0.2, 0.25) is 0 Å². The molecule has 2 aliphatic rings. The monoisotopic (exact) mass is 568 g/mol. The number of morpholine rings is 2. The Morgan fingerprint density at radius 3 is 2.12 bits per heavy atom. The van der Waals surface area contributed by atoms with Gasteiger partial charge >= 0.3 is 0 Å². The van der Waals surface area contributed by atoms with E-state index < -0.39 is 12.1 Å². The lowest BCUT2D eigenvalue weighted by Gasteiger charge is -2.44. The van der Waals surface area contributed by atoms with Crippen LogP contribution in [0.1, 0.15) is 27.8 Å². The molecule has 4 aromatic rings. The Bertz CT molecular complexity index is 1610. The Hall–Kier alpha value is -3.89. The smallest absolute Gasteiger partial charge is 0.266 e. The molecule has 0 bridgehead atoms. The number of methoxy groups -OCH3 is 1. The second-order valence-corrected chi connectivity index (χ2v) is 10.7. The molecular formula is C33H36N4O5. The predicted molar refractivity (Wildman–Crippen MR) is 161 cm³/mol. The molecule has 2 atom stereocenters. The van der Waals surface area contributed by atoms with E-state index in [-0.39, 0.29) is 11.3 Å². The quantitative estimate of drug-likeness (QED) is 0.298. The molecule has 0 aliphatic carbocycles. The van der Waals surface area contributed by atoms with Crippen molar-refractivity contribution in [3.05, 3.63) is 100 Å². The van der Waals surface area contributed by atoms with Crippen LogP contribution < -0.4 is 10.3 Å². The Morgan fingerprint density at radius 1 is 0.833 bits per heavy atom. The normalized spacial score (nSPS) is 18.0. The van der Waals surface area contributed by atoms with E-state index in [4.69, 9.17) is 19.2 Å². The van der Waals surface area contributed by atoms with Crippen molar-refractivity contribution in [1.82, 2.24) is 19.4 Å². The average Bonchev–Trinajstić information content (AvgIpc) is 3.05. The third kappa shape index (κ3) is 5.48. The van der Waals surface area contributed by atoms with Crippen molar-refractivity contribution in [2.45, 2.75) is 19.0 Å². The highest BCUT2D eigenvalue weighted by atomic mass is 16.5. The second kappa shape index (κ2) is 12.5. The number of fused-ring (bicyclic) bond motifs is 1. The molecule has 1 aromatic heterocycles. The summed E-state index contributed by atoms with van der Waals surface area (Å²) in [6, 6.07) is 21.4. The highest BCUT2D eigenvalue weighted by molar-refractivity contribution is 6.01. The van der Waals surface area contributed by atoms with E-state index >= 15 is 0 Å². The van der Waals surface area contributed by atoms with Gasteiger partial charge in [-0.3, -0.25) is 24.0 Å². The fraction of sp³-hybridized carbons (Fsp3) is 0.364. The minimum atomic E-state index is -0.622. The highest BCUT2D eigenvalue weighted by Crippen LogP contribution is 2.33. The van der Waals surface area contributed by atoms with Gasteiger partial charge in [-0.1, -0.05) is 30.3 Å². The predicted octanol–water partition coefficient (Wildman–Crippen LogP) is 3.66. The number of hydrogen-bond donors (Lipinski definition) is 0. The number of Topliss-reactive ketones (excluding diaryl/α,β-unsaturated/α-hetero) is 1. The molecule has 9 nitrogen and oxygen atoms in total. The number of aryl methyl sites for hydroxylation is 1. The van der Waals surface area contributed by atoms with E-state index in [1.54, 1.807) is 11.7 Å². The maximum atomic E-state index is 14.7. The van der Waals surface area contributed by atoms with Crippen LogP contribution in [0.3, 0.4) is 0 Å². The van der Waals surface area contributed by atoms with Gasteiger partial charge in [0.25, 0.3) is 5.56 Å². The number of ether oxygens (including phenoxy) is 3. The lowest BCUT2D eigenvalue weighted by molar-refractivity contribution is -0.0325. The van der Waals surface area contributed by atoms with Crippen LogP contribution in [0.5, 0.6) is 5.75 Å². The van der Waals surface area contributed by atoms with Crippen molar-refractivity contribution in [3.8, 4) is 11.4 Å². The fourth-order valence-corrected chi connectivity index (χ4v) is 6.05. The number of para-hydroxylation sites is 2. The maximum absolute atomic E-state index is 14.7. The number of rotatable bonds is 8. The Morgan fingerprint density at radius 2 is 1.45 bits per heavy atom. The van der Waals surface area contributed by atoms with Gasteiger partial charge in [-0.25, -0.2) is 4.98 Å². The van der Waals surface area contributed by atoms with E-state index in [9.17, 15) is 9.59 Å². The molecule has 42 heavy (non-hydrogen) atoms. The molecule has 6 rings (SSSR count). The summed E-state index contributed by atoms with van der Waals surface area (Å²) in [5, 5.41) is 0.537. The molecule has 3 heterocycles. The van der Waals surface area contributed by atoms with E-state index in [1.807, 2.05) is 79.7 Å². The van der Waals surface area contributed by atoms with Crippen LogP contribution in [-0.2, 0) is 9.47 Å². The molecule has 2 aliphatic heterocycles. The topological polar surface area (TPSA) is 86.1 Å². The summed E-state index contributed by atoms with van der Waals surface area (Å²) < 4.78 is 18.5. The molecule has 0 spiro atoms. The molecule has 2 fully saturated rings. The van der Waals surface area contributed by atoms with Crippen molar-refractivity contribution in [1.29, 1.82) is 0 Å². The Labute approximate surface area is 245 Å². The van der Waals surface area contributed by atoms with Crippen molar-refractivity contribution < 1.29 is 19.0 Å². The minimum Gasteiger partial charge on any atom is -0.497 e. The summed E-state index contributed by atoms with van der Waals surface area (Å²) in [6.07, 6.45) is 0. The van der Waals surface area contributed by atoms with Crippen LogP contribution in [0.15, 0.2) is 77.6 Å². The molecule has 2 saturated heterocycles. The first kappa shape index (κ1) is 28.2. The van der Waals surface area contributed by atoms with Gasteiger partial charge in [0, 0.05) is 31.7 Å². The van der Waals surface area contributed by atoms with Gasteiger partial charge in [0.15, 0.2) is 5.78 Å². The van der Waals surface area contributed by atoms with Gasteiger partial charge < -0.3 is 14.2 Å². The first-order valence-corrected chi connectivity index (χ1v) is 14.5. The zero-order valence-electron chi connectivity index (χ0n) is 24.1. The molecule has 3 aromatic carbocycles. The minimum absolute atomic E-state index is 0.0326. The van der Waals surface area contributed by atoms with Gasteiger partial charge in [-0.05, 0) is 55.0 Å². The summed E-state index contributed by atoms with van der Waals surface area (Å²) in [4.78, 5) is 38.7. The first-order chi connectivity index (χ1) is 20.6. The number of carbonyl (C=O) groups excluding carboxylic acids is 1. The maximum Gasteiger partial charge on any atom is 0.266 e. The van der Waals surface area contributed by atoms with Crippen molar-refractivity contribution in [3.63, 3.8) is 0 Å². The molecular weight excluding hydrogens is 532 g/mol. The third-order valence-electron chi connectivity index (χ3n) is 8.24. The van der Waals surface area contributed by atoms with Crippen LogP contribution in [0, 0.1) is 6.92 Å². The van der Waals surface area contributed by atoms with Crippen LogP contribution in [0.2, 0.25) is 0 Å². The van der Waals surface area contributed by atoms with Crippen molar-refractivity contribution >= 4 is 16.7 Å². The number of carbonyl (C=O) groups is 1. The molecule has 0 radical (unpaired) electrons. The Kier molecular flexibility index (Phi) is 8.43. The summed E-state index contributed by atoms with van der Waals surface area (Å²) in [5.41, 5.74) is 2.74. The molecule has 0 amide bonds. The number of ketones is 1. The van der Waals surface area contributed by atoms with Crippen molar-refractivity contribution in [2.75, 3.05) is 59.7 Å². The highest BCUT2D eigenvalue weighted by Gasteiger charge is 2.42. The van der Waals surface area contributed by atoms with Crippen LogP contribution in [0.4, 0.5) is 0 Å². The molecule has 0 saturated carbocycles. The molecule has 9 heteroatoms. The van der Waals surface area contributed by atoms with E-state index in [0.29, 0.717) is 80.6 Å². The van der Waals surface area contributed by atoms with Gasteiger partial charge in [0.1, 0.15) is 11.6 Å².